The predicted molar refractivity (Wildman–Crippen MR) is 211 cm³/mol. The molecule has 0 amide bonds. The first-order valence-corrected chi connectivity index (χ1v) is 17.0. The van der Waals surface area contributed by atoms with Gasteiger partial charge in [-0.2, -0.15) is 21.0 Å². The molecular formula is C48H27N5. The summed E-state index contributed by atoms with van der Waals surface area (Å²) in [5, 5.41) is 42.3. The van der Waals surface area contributed by atoms with Crippen LogP contribution in [0.3, 0.4) is 0 Å². The first kappa shape index (κ1) is 32.3. The molecule has 0 spiro atoms. The molecule has 0 aliphatic heterocycles. The van der Waals surface area contributed by atoms with E-state index in [0.717, 1.165) is 72.0 Å². The third kappa shape index (κ3) is 5.88. The molecule has 0 N–H and O–H groups in total. The van der Waals surface area contributed by atoms with Crippen LogP contribution in [0.2, 0.25) is 0 Å². The van der Waals surface area contributed by atoms with Gasteiger partial charge in [0.2, 0.25) is 0 Å². The molecule has 0 bridgehead atoms. The summed E-state index contributed by atoms with van der Waals surface area (Å²) in [4.78, 5) is 2.20. The van der Waals surface area contributed by atoms with E-state index < -0.39 is 0 Å². The Morgan fingerprint density at radius 2 is 0.660 bits per heavy atom. The van der Waals surface area contributed by atoms with Gasteiger partial charge in [0.1, 0.15) is 12.1 Å². The van der Waals surface area contributed by atoms with Gasteiger partial charge in [0.15, 0.2) is 0 Å². The van der Waals surface area contributed by atoms with Crippen molar-refractivity contribution in [2.75, 3.05) is 4.90 Å². The molecule has 53 heavy (non-hydrogen) atoms. The maximum Gasteiger partial charge on any atom is 0.101 e. The lowest BCUT2D eigenvalue weighted by Crippen LogP contribution is -2.09. The van der Waals surface area contributed by atoms with E-state index in [2.05, 4.69) is 102 Å². The van der Waals surface area contributed by atoms with Crippen molar-refractivity contribution < 1.29 is 0 Å². The Hall–Kier alpha value is -7.96. The molecule has 8 rings (SSSR count). The summed E-state index contributed by atoms with van der Waals surface area (Å²) in [6.45, 7) is 0. The van der Waals surface area contributed by atoms with Crippen LogP contribution in [0.25, 0.3) is 54.9 Å². The van der Waals surface area contributed by atoms with Crippen molar-refractivity contribution in [1.29, 1.82) is 21.0 Å². The van der Waals surface area contributed by atoms with Gasteiger partial charge in [-0.05, 0) is 105 Å². The van der Waals surface area contributed by atoms with Crippen molar-refractivity contribution in [1.82, 2.24) is 0 Å². The topological polar surface area (TPSA) is 98.4 Å². The minimum Gasteiger partial charge on any atom is -0.311 e. The summed E-state index contributed by atoms with van der Waals surface area (Å²) in [5.74, 6) is 0. The standard InChI is InChI=1S/C48H27N5/c49-28-36-10-9-35(27-39(36)31-52)32-11-19-40(20-12-32)53(41-21-13-33(14-22-41)45-25-17-37(29-50)43-5-1-3-7-47(43)45)42-23-15-34(16-24-42)46-26-18-38(30-51)44-6-2-4-8-48(44)46/h1-27H. The van der Waals surface area contributed by atoms with Gasteiger partial charge in [-0.25, -0.2) is 0 Å². The van der Waals surface area contributed by atoms with Crippen molar-refractivity contribution in [3.05, 3.63) is 186 Å². The summed E-state index contributed by atoms with van der Waals surface area (Å²) in [5.41, 5.74) is 10.9. The first-order chi connectivity index (χ1) is 26.1. The lowest BCUT2D eigenvalue weighted by molar-refractivity contribution is 1.28. The third-order valence-electron chi connectivity index (χ3n) is 9.68. The van der Waals surface area contributed by atoms with E-state index >= 15 is 0 Å². The number of hydrogen-bond acceptors (Lipinski definition) is 5. The summed E-state index contributed by atoms with van der Waals surface area (Å²) in [6.07, 6.45) is 0. The normalized spacial score (nSPS) is 10.6. The fourth-order valence-electron chi connectivity index (χ4n) is 7.04. The van der Waals surface area contributed by atoms with Crippen molar-refractivity contribution in [3.63, 3.8) is 0 Å². The van der Waals surface area contributed by atoms with Crippen LogP contribution in [-0.2, 0) is 0 Å². The van der Waals surface area contributed by atoms with Crippen molar-refractivity contribution in [2.45, 2.75) is 0 Å². The molecule has 8 aromatic carbocycles. The van der Waals surface area contributed by atoms with Gasteiger partial charge in [0, 0.05) is 27.8 Å². The quantitative estimate of drug-likeness (QED) is 0.175. The Kier molecular flexibility index (Phi) is 8.37. The Morgan fingerprint density at radius 1 is 0.302 bits per heavy atom. The number of fused-ring (bicyclic) bond motifs is 2. The van der Waals surface area contributed by atoms with Crippen molar-refractivity contribution >= 4 is 38.6 Å². The van der Waals surface area contributed by atoms with E-state index in [1.807, 2.05) is 78.9 Å². The number of rotatable bonds is 6. The Morgan fingerprint density at radius 3 is 1.08 bits per heavy atom. The molecule has 0 unspecified atom stereocenters. The zero-order chi connectivity index (χ0) is 36.3. The highest BCUT2D eigenvalue weighted by molar-refractivity contribution is 6.01. The van der Waals surface area contributed by atoms with Crippen LogP contribution < -0.4 is 4.90 Å². The van der Waals surface area contributed by atoms with Crippen molar-refractivity contribution in [2.24, 2.45) is 0 Å². The minimum atomic E-state index is 0.348. The third-order valence-corrected chi connectivity index (χ3v) is 9.68. The number of benzene rings is 8. The number of nitriles is 4. The zero-order valence-electron chi connectivity index (χ0n) is 28.3. The smallest absolute Gasteiger partial charge is 0.101 e. The molecule has 0 heterocycles. The molecule has 5 nitrogen and oxygen atoms in total. The predicted octanol–water partition coefficient (Wildman–Crippen LogP) is 12.0. The van der Waals surface area contributed by atoms with E-state index in [0.29, 0.717) is 22.3 Å². The van der Waals surface area contributed by atoms with E-state index in [1.165, 1.54) is 0 Å². The first-order valence-electron chi connectivity index (χ1n) is 17.0. The molecule has 0 aliphatic carbocycles. The fourth-order valence-corrected chi connectivity index (χ4v) is 7.04. The molecule has 0 aliphatic rings. The molecule has 0 saturated heterocycles. The van der Waals surface area contributed by atoms with E-state index in [4.69, 9.17) is 0 Å². The monoisotopic (exact) mass is 673 g/mol. The highest BCUT2D eigenvalue weighted by atomic mass is 15.1. The van der Waals surface area contributed by atoms with Gasteiger partial charge in [-0.3, -0.25) is 0 Å². The van der Waals surface area contributed by atoms with E-state index in [-0.39, 0.29) is 0 Å². The number of hydrogen-bond donors (Lipinski definition) is 0. The zero-order valence-corrected chi connectivity index (χ0v) is 28.3. The van der Waals surface area contributed by atoms with Gasteiger partial charge >= 0.3 is 0 Å². The second-order valence-corrected chi connectivity index (χ2v) is 12.6. The summed E-state index contributed by atoms with van der Waals surface area (Å²) < 4.78 is 0. The van der Waals surface area contributed by atoms with Gasteiger partial charge < -0.3 is 4.90 Å². The molecular weight excluding hydrogens is 647 g/mol. The van der Waals surface area contributed by atoms with Crippen LogP contribution in [0.1, 0.15) is 22.3 Å². The van der Waals surface area contributed by atoms with Crippen LogP contribution in [0.5, 0.6) is 0 Å². The second-order valence-electron chi connectivity index (χ2n) is 12.6. The lowest BCUT2D eigenvalue weighted by atomic mass is 9.95. The van der Waals surface area contributed by atoms with Crippen LogP contribution >= 0.6 is 0 Å². The highest BCUT2D eigenvalue weighted by Crippen LogP contribution is 2.40. The molecule has 5 heteroatoms. The SMILES string of the molecule is N#Cc1ccc(-c2ccc(N(c3ccc(-c4ccc(C#N)c5ccccc45)cc3)c3ccc(-c4ccc(C#N)c5ccccc45)cc3)cc2)cc1C#N. The van der Waals surface area contributed by atoms with Crippen molar-refractivity contribution in [3.8, 4) is 57.7 Å². The largest absolute Gasteiger partial charge is 0.311 e. The van der Waals surface area contributed by atoms with Crippen LogP contribution in [0, 0.1) is 45.3 Å². The van der Waals surface area contributed by atoms with Gasteiger partial charge in [-0.1, -0.05) is 103 Å². The lowest BCUT2D eigenvalue weighted by Gasteiger charge is -2.26. The number of nitrogens with zero attached hydrogens (tertiary/aromatic N) is 5. The molecule has 0 fully saturated rings. The Bertz CT molecular complexity index is 2720. The average molecular weight is 674 g/mol. The van der Waals surface area contributed by atoms with E-state index in [9.17, 15) is 21.0 Å². The molecule has 0 saturated carbocycles. The molecule has 0 atom stereocenters. The summed E-state index contributed by atoms with van der Waals surface area (Å²) >= 11 is 0. The van der Waals surface area contributed by atoms with Gasteiger partial charge in [-0.15, -0.1) is 0 Å². The highest BCUT2D eigenvalue weighted by Gasteiger charge is 2.16. The van der Waals surface area contributed by atoms with E-state index in [1.54, 1.807) is 12.1 Å². The second kappa shape index (κ2) is 13.7. The van der Waals surface area contributed by atoms with Crippen LogP contribution in [-0.4, -0.2) is 0 Å². The Labute approximate surface area is 307 Å². The molecule has 0 aromatic heterocycles. The maximum atomic E-state index is 9.70. The molecule has 0 radical (unpaired) electrons. The van der Waals surface area contributed by atoms with Crippen LogP contribution in [0.4, 0.5) is 17.1 Å². The fraction of sp³-hybridized carbons (Fsp3) is 0. The minimum absolute atomic E-state index is 0.348. The van der Waals surface area contributed by atoms with Crippen LogP contribution in [0.15, 0.2) is 164 Å². The average Bonchev–Trinajstić information content (AvgIpc) is 3.23. The number of anilines is 3. The molecule has 244 valence electrons. The summed E-state index contributed by atoms with van der Waals surface area (Å²) in [6, 6.07) is 63.0. The van der Waals surface area contributed by atoms with Gasteiger partial charge in [0.25, 0.3) is 0 Å². The summed E-state index contributed by atoms with van der Waals surface area (Å²) in [7, 11) is 0. The van der Waals surface area contributed by atoms with Gasteiger partial charge in [0.05, 0.1) is 34.4 Å². The molecule has 8 aromatic rings. The Balaban J connectivity index is 1.21. The maximum absolute atomic E-state index is 9.70.